The predicted molar refractivity (Wildman–Crippen MR) is 85.7 cm³/mol. The molecule has 0 radical (unpaired) electrons. The molecule has 1 rings (SSSR count). The van der Waals surface area contributed by atoms with E-state index in [1.807, 2.05) is 4.90 Å². The SMILES string of the molecule is COCCNC(=O)N[C@@H](CC(C)C)C(=O)N1CCN(C)CC1. The van der Waals surface area contributed by atoms with Crippen molar-refractivity contribution in [2.24, 2.45) is 5.92 Å². The van der Waals surface area contributed by atoms with Crippen LogP contribution in [0.25, 0.3) is 0 Å². The second-order valence-corrected chi connectivity index (χ2v) is 6.20. The van der Waals surface area contributed by atoms with Crippen LogP contribution in [-0.4, -0.2) is 81.3 Å². The zero-order valence-corrected chi connectivity index (χ0v) is 14.2. The van der Waals surface area contributed by atoms with E-state index in [2.05, 4.69) is 36.4 Å². The molecule has 0 unspecified atom stereocenters. The van der Waals surface area contributed by atoms with Crippen molar-refractivity contribution < 1.29 is 14.3 Å². The molecule has 7 heteroatoms. The number of urea groups is 1. The van der Waals surface area contributed by atoms with Gasteiger partial charge in [0.05, 0.1) is 6.61 Å². The van der Waals surface area contributed by atoms with Crippen LogP contribution in [0, 0.1) is 5.92 Å². The normalized spacial score (nSPS) is 17.4. The lowest BCUT2D eigenvalue weighted by atomic mass is 10.0. The molecule has 1 heterocycles. The van der Waals surface area contributed by atoms with Gasteiger partial charge in [-0.1, -0.05) is 13.8 Å². The average Bonchev–Trinajstić information content (AvgIpc) is 2.46. The quantitative estimate of drug-likeness (QED) is 0.655. The fraction of sp³-hybridized carbons (Fsp3) is 0.867. The Morgan fingerprint density at radius 3 is 2.36 bits per heavy atom. The number of piperazine rings is 1. The smallest absolute Gasteiger partial charge is 0.315 e. The van der Waals surface area contributed by atoms with Crippen LogP contribution in [0.15, 0.2) is 0 Å². The van der Waals surface area contributed by atoms with Crippen LogP contribution in [0.5, 0.6) is 0 Å². The van der Waals surface area contributed by atoms with Gasteiger partial charge in [0, 0.05) is 39.8 Å². The minimum Gasteiger partial charge on any atom is -0.383 e. The monoisotopic (exact) mass is 314 g/mol. The van der Waals surface area contributed by atoms with Crippen molar-refractivity contribution >= 4 is 11.9 Å². The lowest BCUT2D eigenvalue weighted by Crippen LogP contribution is -2.56. The number of carbonyl (C=O) groups is 2. The van der Waals surface area contributed by atoms with Gasteiger partial charge in [0.25, 0.3) is 0 Å². The first kappa shape index (κ1) is 18.7. The molecule has 2 N–H and O–H groups in total. The molecule has 1 saturated heterocycles. The van der Waals surface area contributed by atoms with E-state index in [9.17, 15) is 9.59 Å². The Kier molecular flexibility index (Phi) is 8.19. The van der Waals surface area contributed by atoms with Crippen LogP contribution in [0.2, 0.25) is 0 Å². The molecule has 0 spiro atoms. The van der Waals surface area contributed by atoms with Crippen LogP contribution >= 0.6 is 0 Å². The van der Waals surface area contributed by atoms with Gasteiger partial charge in [-0.2, -0.15) is 0 Å². The van der Waals surface area contributed by atoms with E-state index >= 15 is 0 Å². The Morgan fingerprint density at radius 2 is 1.82 bits per heavy atom. The fourth-order valence-corrected chi connectivity index (χ4v) is 2.42. The van der Waals surface area contributed by atoms with E-state index in [0.717, 1.165) is 26.2 Å². The summed E-state index contributed by atoms with van der Waals surface area (Å²) >= 11 is 0. The fourth-order valence-electron chi connectivity index (χ4n) is 2.42. The van der Waals surface area contributed by atoms with Crippen molar-refractivity contribution in [3.8, 4) is 0 Å². The molecule has 1 atom stereocenters. The summed E-state index contributed by atoms with van der Waals surface area (Å²) in [6.45, 7) is 8.17. The summed E-state index contributed by atoms with van der Waals surface area (Å²) in [6.07, 6.45) is 0.642. The minimum absolute atomic E-state index is 0.0173. The highest BCUT2D eigenvalue weighted by Gasteiger charge is 2.28. The van der Waals surface area contributed by atoms with Crippen LogP contribution in [-0.2, 0) is 9.53 Å². The zero-order chi connectivity index (χ0) is 16.5. The Balaban J connectivity index is 2.55. The van der Waals surface area contributed by atoms with E-state index < -0.39 is 6.04 Å². The Morgan fingerprint density at radius 1 is 1.18 bits per heavy atom. The molecular weight excluding hydrogens is 284 g/mol. The third-order valence-corrected chi connectivity index (χ3v) is 3.72. The summed E-state index contributed by atoms with van der Waals surface area (Å²) in [5, 5.41) is 5.50. The lowest BCUT2D eigenvalue weighted by molar-refractivity contribution is -0.135. The van der Waals surface area contributed by atoms with Gasteiger partial charge in [0.2, 0.25) is 5.91 Å². The highest BCUT2D eigenvalue weighted by molar-refractivity contribution is 5.87. The van der Waals surface area contributed by atoms with Gasteiger partial charge in [-0.3, -0.25) is 4.79 Å². The van der Waals surface area contributed by atoms with E-state index in [4.69, 9.17) is 4.74 Å². The first-order valence-electron chi connectivity index (χ1n) is 7.94. The van der Waals surface area contributed by atoms with E-state index in [-0.39, 0.29) is 11.9 Å². The molecule has 0 aromatic carbocycles. The summed E-state index contributed by atoms with van der Waals surface area (Å²) in [4.78, 5) is 28.6. The Bertz CT molecular complexity index is 355. The highest BCUT2D eigenvalue weighted by Crippen LogP contribution is 2.10. The van der Waals surface area contributed by atoms with E-state index in [1.54, 1.807) is 7.11 Å². The summed E-state index contributed by atoms with van der Waals surface area (Å²) < 4.78 is 4.89. The number of carbonyl (C=O) groups excluding carboxylic acids is 2. The summed E-state index contributed by atoms with van der Waals surface area (Å²) in [5.74, 6) is 0.351. The van der Waals surface area contributed by atoms with Crippen LogP contribution in [0.1, 0.15) is 20.3 Å². The molecule has 0 saturated carbocycles. The molecule has 0 aromatic rings. The van der Waals surface area contributed by atoms with Crippen LogP contribution in [0.3, 0.4) is 0 Å². The molecule has 0 aromatic heterocycles. The van der Waals surface area contributed by atoms with Crippen molar-refractivity contribution in [2.75, 3.05) is 53.5 Å². The molecule has 0 aliphatic carbocycles. The zero-order valence-electron chi connectivity index (χ0n) is 14.2. The molecule has 1 aliphatic rings. The largest absolute Gasteiger partial charge is 0.383 e. The van der Waals surface area contributed by atoms with Crippen molar-refractivity contribution in [2.45, 2.75) is 26.3 Å². The number of nitrogens with zero attached hydrogens (tertiary/aromatic N) is 2. The van der Waals surface area contributed by atoms with Crippen molar-refractivity contribution in [3.05, 3.63) is 0 Å². The molecule has 1 aliphatic heterocycles. The maximum absolute atomic E-state index is 12.6. The van der Waals surface area contributed by atoms with Gasteiger partial charge < -0.3 is 25.2 Å². The van der Waals surface area contributed by atoms with Gasteiger partial charge in [-0.25, -0.2) is 4.79 Å². The van der Waals surface area contributed by atoms with E-state index in [0.29, 0.717) is 25.5 Å². The molecular formula is C15H30N4O3. The number of ether oxygens (including phenoxy) is 1. The molecule has 128 valence electrons. The highest BCUT2D eigenvalue weighted by atomic mass is 16.5. The summed E-state index contributed by atoms with van der Waals surface area (Å²) in [6, 6.07) is -0.781. The topological polar surface area (TPSA) is 73.9 Å². The number of nitrogens with one attached hydrogen (secondary N) is 2. The van der Waals surface area contributed by atoms with Gasteiger partial charge in [-0.15, -0.1) is 0 Å². The lowest BCUT2D eigenvalue weighted by Gasteiger charge is -2.35. The number of amides is 3. The summed E-state index contributed by atoms with van der Waals surface area (Å²) in [5.41, 5.74) is 0. The Labute approximate surface area is 133 Å². The predicted octanol–water partition coefficient (Wildman–Crippen LogP) is 0.121. The molecule has 22 heavy (non-hydrogen) atoms. The van der Waals surface area contributed by atoms with Crippen LogP contribution in [0.4, 0.5) is 4.79 Å². The first-order chi connectivity index (χ1) is 10.4. The van der Waals surface area contributed by atoms with Crippen molar-refractivity contribution in [1.29, 1.82) is 0 Å². The maximum atomic E-state index is 12.6. The third-order valence-electron chi connectivity index (χ3n) is 3.72. The number of likely N-dealkylation sites (N-methyl/N-ethyl adjacent to an activating group) is 1. The molecule has 3 amide bonds. The van der Waals surface area contributed by atoms with Crippen molar-refractivity contribution in [1.82, 2.24) is 20.4 Å². The molecule has 7 nitrogen and oxygen atoms in total. The van der Waals surface area contributed by atoms with E-state index in [1.165, 1.54) is 0 Å². The molecule has 0 bridgehead atoms. The second-order valence-electron chi connectivity index (χ2n) is 6.20. The number of hydrogen-bond donors (Lipinski definition) is 2. The number of methoxy groups -OCH3 is 1. The molecule has 1 fully saturated rings. The number of hydrogen-bond acceptors (Lipinski definition) is 4. The van der Waals surface area contributed by atoms with Gasteiger partial charge >= 0.3 is 6.03 Å². The Hall–Kier alpha value is -1.34. The van der Waals surface area contributed by atoms with Crippen LogP contribution < -0.4 is 10.6 Å². The van der Waals surface area contributed by atoms with Gasteiger partial charge in [-0.05, 0) is 19.4 Å². The van der Waals surface area contributed by atoms with Gasteiger partial charge in [0.15, 0.2) is 0 Å². The van der Waals surface area contributed by atoms with Crippen molar-refractivity contribution in [3.63, 3.8) is 0 Å². The van der Waals surface area contributed by atoms with Gasteiger partial charge in [0.1, 0.15) is 6.04 Å². The first-order valence-corrected chi connectivity index (χ1v) is 7.94. The number of rotatable bonds is 7. The third kappa shape index (κ3) is 6.62. The minimum atomic E-state index is -0.467. The maximum Gasteiger partial charge on any atom is 0.315 e. The summed E-state index contributed by atoms with van der Waals surface area (Å²) in [7, 11) is 3.63. The average molecular weight is 314 g/mol. The second kappa shape index (κ2) is 9.63. The standard InChI is InChI=1S/C15H30N4O3/c1-12(2)11-13(17-15(21)16-5-10-22-4)14(20)19-8-6-18(3)7-9-19/h12-13H,5-11H2,1-4H3,(H2,16,17,21)/t13-/m0/s1.